The monoisotopic (exact) mass is 257 g/mol. The highest BCUT2D eigenvalue weighted by molar-refractivity contribution is 5.21. The number of benzene rings is 2. The summed E-state index contributed by atoms with van der Waals surface area (Å²) >= 11 is 0. The van der Waals surface area contributed by atoms with Crippen molar-refractivity contribution in [3.8, 4) is 0 Å². The Morgan fingerprint density at radius 2 is 1.47 bits per heavy atom. The molecule has 19 heavy (non-hydrogen) atoms. The molecular formula is C16H19NO2. The van der Waals surface area contributed by atoms with Crippen molar-refractivity contribution in [2.75, 3.05) is 7.11 Å². The van der Waals surface area contributed by atoms with Crippen LogP contribution in [0.3, 0.4) is 0 Å². The second-order valence-corrected chi connectivity index (χ2v) is 4.45. The molecule has 0 aliphatic carbocycles. The first-order valence-electron chi connectivity index (χ1n) is 6.37. The maximum Gasteiger partial charge on any atom is 0.0809 e. The summed E-state index contributed by atoms with van der Waals surface area (Å²) in [6, 6.07) is 19.6. The molecule has 3 nitrogen and oxygen atoms in total. The molecule has 0 fully saturated rings. The second kappa shape index (κ2) is 7.04. The Morgan fingerprint density at radius 1 is 0.947 bits per heavy atom. The van der Waals surface area contributed by atoms with Gasteiger partial charge < -0.3 is 9.94 Å². The van der Waals surface area contributed by atoms with E-state index < -0.39 is 6.10 Å². The van der Waals surface area contributed by atoms with Gasteiger partial charge in [0.25, 0.3) is 0 Å². The van der Waals surface area contributed by atoms with Crippen LogP contribution in [0.15, 0.2) is 60.7 Å². The summed E-state index contributed by atoms with van der Waals surface area (Å²) < 4.78 is 0. The third-order valence-electron chi connectivity index (χ3n) is 3.11. The van der Waals surface area contributed by atoms with E-state index in [2.05, 4.69) is 5.48 Å². The van der Waals surface area contributed by atoms with Crippen molar-refractivity contribution in [2.24, 2.45) is 0 Å². The van der Waals surface area contributed by atoms with Gasteiger partial charge in [0, 0.05) is 0 Å². The third kappa shape index (κ3) is 3.89. The van der Waals surface area contributed by atoms with Gasteiger partial charge in [-0.25, -0.2) is 0 Å². The zero-order chi connectivity index (χ0) is 13.5. The van der Waals surface area contributed by atoms with Crippen LogP contribution in [0.25, 0.3) is 0 Å². The zero-order valence-corrected chi connectivity index (χ0v) is 11.0. The first-order valence-corrected chi connectivity index (χ1v) is 6.37. The van der Waals surface area contributed by atoms with Crippen LogP contribution in [0.4, 0.5) is 0 Å². The lowest BCUT2D eigenvalue weighted by atomic mass is 9.97. The molecule has 2 N–H and O–H groups in total. The summed E-state index contributed by atoms with van der Waals surface area (Å²) in [4.78, 5) is 5.03. The predicted molar refractivity (Wildman–Crippen MR) is 75.3 cm³/mol. The molecule has 3 heteroatoms. The molecule has 0 amide bonds. The molecule has 2 atom stereocenters. The minimum atomic E-state index is -0.519. The Hall–Kier alpha value is -1.68. The Balaban J connectivity index is 2.09. The molecule has 0 saturated heterocycles. The lowest BCUT2D eigenvalue weighted by molar-refractivity contribution is 0.0379. The van der Waals surface area contributed by atoms with Crippen molar-refractivity contribution < 1.29 is 9.94 Å². The minimum absolute atomic E-state index is 0.0404. The van der Waals surface area contributed by atoms with Crippen molar-refractivity contribution >= 4 is 0 Å². The Morgan fingerprint density at radius 3 is 2.00 bits per heavy atom. The van der Waals surface area contributed by atoms with E-state index in [0.717, 1.165) is 11.1 Å². The summed E-state index contributed by atoms with van der Waals surface area (Å²) in [5.74, 6) is 0. The molecule has 2 aromatic rings. The molecular weight excluding hydrogens is 238 g/mol. The molecule has 0 radical (unpaired) electrons. The number of hydrogen-bond acceptors (Lipinski definition) is 3. The van der Waals surface area contributed by atoms with Crippen LogP contribution < -0.4 is 5.48 Å². The summed E-state index contributed by atoms with van der Waals surface area (Å²) in [6.45, 7) is 0. The fourth-order valence-electron chi connectivity index (χ4n) is 2.11. The van der Waals surface area contributed by atoms with Gasteiger partial charge in [-0.05, 0) is 17.5 Å². The minimum Gasteiger partial charge on any atom is -0.388 e. The lowest BCUT2D eigenvalue weighted by Gasteiger charge is -2.21. The fourth-order valence-corrected chi connectivity index (χ4v) is 2.11. The van der Waals surface area contributed by atoms with Gasteiger partial charge in [-0.1, -0.05) is 60.7 Å². The van der Waals surface area contributed by atoms with E-state index in [1.54, 1.807) is 7.11 Å². The topological polar surface area (TPSA) is 41.5 Å². The Labute approximate surface area is 113 Å². The third-order valence-corrected chi connectivity index (χ3v) is 3.11. The molecule has 100 valence electrons. The molecule has 0 saturated carbocycles. The van der Waals surface area contributed by atoms with Gasteiger partial charge in [0.15, 0.2) is 0 Å². The lowest BCUT2D eigenvalue weighted by Crippen LogP contribution is -2.22. The summed E-state index contributed by atoms with van der Waals surface area (Å²) in [5, 5.41) is 10.3. The molecule has 0 aliphatic rings. The summed E-state index contributed by atoms with van der Waals surface area (Å²) in [6.07, 6.45) is 0.0380. The number of hydroxylamine groups is 1. The van der Waals surface area contributed by atoms with Crippen molar-refractivity contribution in [2.45, 2.75) is 18.6 Å². The van der Waals surface area contributed by atoms with E-state index in [1.807, 2.05) is 60.7 Å². The smallest absolute Gasteiger partial charge is 0.0809 e. The van der Waals surface area contributed by atoms with Gasteiger partial charge >= 0.3 is 0 Å². The summed E-state index contributed by atoms with van der Waals surface area (Å²) in [5.41, 5.74) is 4.95. The average Bonchev–Trinajstić information content (AvgIpc) is 2.48. The molecule has 0 aliphatic heterocycles. The van der Waals surface area contributed by atoms with E-state index in [1.165, 1.54) is 0 Å². The van der Waals surface area contributed by atoms with E-state index in [0.29, 0.717) is 6.42 Å². The van der Waals surface area contributed by atoms with E-state index in [-0.39, 0.29) is 6.04 Å². The van der Waals surface area contributed by atoms with E-state index >= 15 is 0 Å². The van der Waals surface area contributed by atoms with Crippen LogP contribution in [0.2, 0.25) is 0 Å². The first kappa shape index (κ1) is 13.7. The molecule has 2 rings (SSSR count). The number of nitrogens with one attached hydrogen (secondary N) is 1. The van der Waals surface area contributed by atoms with Crippen molar-refractivity contribution in [3.63, 3.8) is 0 Å². The first-order chi connectivity index (χ1) is 9.31. The maximum atomic E-state index is 10.3. The van der Waals surface area contributed by atoms with Gasteiger partial charge in [-0.2, -0.15) is 5.48 Å². The van der Waals surface area contributed by atoms with Gasteiger partial charge in [0.05, 0.1) is 19.3 Å². The van der Waals surface area contributed by atoms with Crippen molar-refractivity contribution in [1.29, 1.82) is 0 Å². The highest BCUT2D eigenvalue weighted by atomic mass is 16.6. The van der Waals surface area contributed by atoms with Gasteiger partial charge in [-0.3, -0.25) is 0 Å². The largest absolute Gasteiger partial charge is 0.388 e. The quantitative estimate of drug-likeness (QED) is 0.782. The molecule has 0 unspecified atom stereocenters. The Bertz CT molecular complexity index is 473. The van der Waals surface area contributed by atoms with Crippen LogP contribution >= 0.6 is 0 Å². The SMILES string of the molecule is CON[C@@H](C[C@H](O)c1ccccc1)c1ccccc1. The number of rotatable bonds is 6. The number of aliphatic hydroxyl groups is 1. The highest BCUT2D eigenvalue weighted by Crippen LogP contribution is 2.26. The van der Waals surface area contributed by atoms with Crippen LogP contribution in [0.1, 0.15) is 29.7 Å². The molecule has 0 aromatic heterocycles. The fraction of sp³-hybridized carbons (Fsp3) is 0.250. The predicted octanol–water partition coefficient (Wildman–Crippen LogP) is 3.00. The summed E-state index contributed by atoms with van der Waals surface area (Å²) in [7, 11) is 1.59. The molecule has 0 heterocycles. The molecule has 2 aromatic carbocycles. The highest BCUT2D eigenvalue weighted by Gasteiger charge is 2.17. The van der Waals surface area contributed by atoms with Crippen LogP contribution in [-0.4, -0.2) is 12.2 Å². The van der Waals surface area contributed by atoms with Crippen LogP contribution in [-0.2, 0) is 4.84 Å². The van der Waals surface area contributed by atoms with E-state index in [9.17, 15) is 5.11 Å². The number of hydrogen-bond donors (Lipinski definition) is 2. The van der Waals surface area contributed by atoms with Crippen molar-refractivity contribution in [3.05, 3.63) is 71.8 Å². The second-order valence-electron chi connectivity index (χ2n) is 4.45. The van der Waals surface area contributed by atoms with Crippen LogP contribution in [0, 0.1) is 0 Å². The van der Waals surface area contributed by atoms with Gasteiger partial charge in [0.2, 0.25) is 0 Å². The van der Waals surface area contributed by atoms with Gasteiger partial charge in [-0.15, -0.1) is 0 Å². The van der Waals surface area contributed by atoms with Gasteiger partial charge in [0.1, 0.15) is 0 Å². The van der Waals surface area contributed by atoms with Crippen LogP contribution in [0.5, 0.6) is 0 Å². The molecule has 0 bridgehead atoms. The van der Waals surface area contributed by atoms with E-state index in [4.69, 9.17) is 4.84 Å². The standard InChI is InChI=1S/C16H19NO2/c1-19-17-15(13-8-4-2-5-9-13)12-16(18)14-10-6-3-7-11-14/h2-11,15-18H,12H2,1H3/t15-,16-/m0/s1. The van der Waals surface area contributed by atoms with Crippen molar-refractivity contribution in [1.82, 2.24) is 5.48 Å². The zero-order valence-electron chi connectivity index (χ0n) is 11.0. The normalized spacial score (nSPS) is 14.0. The molecule has 0 spiro atoms. The Kier molecular flexibility index (Phi) is 5.10. The average molecular weight is 257 g/mol. The number of aliphatic hydroxyl groups excluding tert-OH is 1. The maximum absolute atomic E-state index is 10.3.